The Labute approximate surface area is 120 Å². The Morgan fingerprint density at radius 2 is 2.00 bits per heavy atom. The maximum Gasteiger partial charge on any atom is 0.237 e. The second kappa shape index (κ2) is 4.71. The smallest absolute Gasteiger partial charge is 0.237 e. The van der Waals surface area contributed by atoms with E-state index in [2.05, 4.69) is 4.98 Å². The lowest BCUT2D eigenvalue weighted by molar-refractivity contribution is -0.117. The molecule has 7 heteroatoms. The summed E-state index contributed by atoms with van der Waals surface area (Å²) in [6.45, 7) is 0.0473. The van der Waals surface area contributed by atoms with E-state index in [0.29, 0.717) is 5.82 Å². The van der Waals surface area contributed by atoms with Crippen molar-refractivity contribution < 1.29 is 13.2 Å². The molecule has 5 nitrogen and oxygen atoms in total. The predicted molar refractivity (Wildman–Crippen MR) is 77.3 cm³/mol. The molecule has 0 aliphatic carbocycles. The average molecular weight is 311 g/mol. The number of benzene rings is 1. The highest BCUT2D eigenvalue weighted by Crippen LogP contribution is 2.30. The summed E-state index contributed by atoms with van der Waals surface area (Å²) >= 11 is 0. The molecule has 2 heterocycles. The number of anilines is 1. The maximum atomic E-state index is 12.0. The van der Waals surface area contributed by atoms with E-state index < -0.39 is 14.3 Å². The van der Waals surface area contributed by atoms with E-state index in [9.17, 15) is 13.2 Å². The van der Waals surface area contributed by atoms with Crippen LogP contribution in [0.25, 0.3) is 10.8 Å². The standard InChI is InChI=1S/C13H11ClN2O3S/c14-20(18,19)10-7-12(17)16(8-10)13-11-4-2-1-3-9(11)5-6-15-13/h1-6,10H,7-8H2. The molecular weight excluding hydrogens is 300 g/mol. The second-order valence-electron chi connectivity index (χ2n) is 4.66. The first-order valence-corrected chi connectivity index (χ1v) is 8.41. The number of hydrogen-bond acceptors (Lipinski definition) is 4. The van der Waals surface area contributed by atoms with Gasteiger partial charge < -0.3 is 0 Å². The summed E-state index contributed by atoms with van der Waals surface area (Å²) in [5, 5.41) is 0.885. The van der Waals surface area contributed by atoms with Crippen LogP contribution < -0.4 is 4.90 Å². The number of carbonyl (C=O) groups is 1. The van der Waals surface area contributed by atoms with Crippen LogP contribution in [-0.2, 0) is 13.8 Å². The molecule has 0 saturated carbocycles. The number of aromatic nitrogens is 1. The minimum Gasteiger partial charge on any atom is -0.295 e. The van der Waals surface area contributed by atoms with Crippen LogP contribution in [-0.4, -0.2) is 31.1 Å². The molecule has 1 aromatic carbocycles. The minimum absolute atomic E-state index is 0.0473. The summed E-state index contributed by atoms with van der Waals surface area (Å²) in [7, 11) is 1.60. The van der Waals surface area contributed by atoms with Gasteiger partial charge in [-0.2, -0.15) is 0 Å². The van der Waals surface area contributed by atoms with Gasteiger partial charge in [0.1, 0.15) is 11.1 Å². The fourth-order valence-corrected chi connectivity index (χ4v) is 3.41. The zero-order valence-electron chi connectivity index (χ0n) is 10.4. The van der Waals surface area contributed by atoms with E-state index in [4.69, 9.17) is 10.7 Å². The van der Waals surface area contributed by atoms with E-state index in [0.717, 1.165) is 10.8 Å². The normalized spacial score (nSPS) is 19.8. The molecule has 0 radical (unpaired) electrons. The molecule has 104 valence electrons. The topological polar surface area (TPSA) is 67.3 Å². The Kier molecular flexibility index (Phi) is 3.14. The lowest BCUT2D eigenvalue weighted by atomic mass is 10.1. The monoisotopic (exact) mass is 310 g/mol. The number of halogens is 1. The Hall–Kier alpha value is -1.66. The number of rotatable bonds is 2. The molecule has 3 rings (SSSR count). The lowest BCUT2D eigenvalue weighted by Gasteiger charge is -2.17. The van der Waals surface area contributed by atoms with Crippen molar-refractivity contribution >= 4 is 42.2 Å². The van der Waals surface area contributed by atoms with Gasteiger partial charge in [0.25, 0.3) is 0 Å². The van der Waals surface area contributed by atoms with Crippen LogP contribution >= 0.6 is 10.7 Å². The molecule has 1 unspecified atom stereocenters. The van der Waals surface area contributed by atoms with Crippen molar-refractivity contribution in [3.05, 3.63) is 36.5 Å². The van der Waals surface area contributed by atoms with Gasteiger partial charge in [0.05, 0.1) is 0 Å². The molecule has 1 aliphatic rings. The van der Waals surface area contributed by atoms with Crippen molar-refractivity contribution in [2.45, 2.75) is 11.7 Å². The van der Waals surface area contributed by atoms with Gasteiger partial charge in [-0.05, 0) is 11.5 Å². The van der Waals surface area contributed by atoms with Gasteiger partial charge >= 0.3 is 0 Å². The Morgan fingerprint density at radius 1 is 1.25 bits per heavy atom. The van der Waals surface area contributed by atoms with Gasteiger partial charge in [0.2, 0.25) is 15.0 Å². The molecule has 1 aliphatic heterocycles. The molecule has 0 N–H and O–H groups in total. The van der Waals surface area contributed by atoms with Gasteiger partial charge in [0.15, 0.2) is 0 Å². The van der Waals surface area contributed by atoms with Crippen LogP contribution in [0, 0.1) is 0 Å². The van der Waals surface area contributed by atoms with Gasteiger partial charge in [-0.3, -0.25) is 9.69 Å². The first kappa shape index (κ1) is 13.3. The van der Waals surface area contributed by atoms with Crippen LogP contribution in [0.15, 0.2) is 36.5 Å². The second-order valence-corrected chi connectivity index (χ2v) is 7.57. The Bertz CT molecular complexity index is 786. The van der Waals surface area contributed by atoms with E-state index in [1.807, 2.05) is 30.3 Å². The molecule has 2 aromatic rings. The van der Waals surface area contributed by atoms with Gasteiger partial charge in [-0.15, -0.1) is 0 Å². The van der Waals surface area contributed by atoms with E-state index in [-0.39, 0.29) is 18.9 Å². The lowest BCUT2D eigenvalue weighted by Crippen LogP contribution is -2.27. The van der Waals surface area contributed by atoms with Crippen LogP contribution in [0.3, 0.4) is 0 Å². The number of carbonyl (C=O) groups excluding carboxylic acids is 1. The van der Waals surface area contributed by atoms with Crippen LogP contribution in [0.2, 0.25) is 0 Å². The molecule has 1 aromatic heterocycles. The summed E-state index contributed by atoms with van der Waals surface area (Å²) in [6, 6.07) is 9.35. The first-order chi connectivity index (χ1) is 9.47. The third-order valence-electron chi connectivity index (χ3n) is 3.40. The van der Waals surface area contributed by atoms with Crippen LogP contribution in [0.4, 0.5) is 5.82 Å². The average Bonchev–Trinajstić information content (AvgIpc) is 2.80. The number of amides is 1. The fraction of sp³-hybridized carbons (Fsp3) is 0.231. The number of nitrogens with zero attached hydrogens (tertiary/aromatic N) is 2. The van der Waals surface area contributed by atoms with E-state index >= 15 is 0 Å². The van der Waals surface area contributed by atoms with Crippen molar-refractivity contribution in [1.82, 2.24) is 4.98 Å². The van der Waals surface area contributed by atoms with Crippen molar-refractivity contribution in [3.8, 4) is 0 Å². The van der Waals surface area contributed by atoms with Gasteiger partial charge in [-0.1, -0.05) is 24.3 Å². The molecule has 1 saturated heterocycles. The molecule has 1 amide bonds. The largest absolute Gasteiger partial charge is 0.295 e. The van der Waals surface area contributed by atoms with Crippen molar-refractivity contribution in [2.75, 3.05) is 11.4 Å². The maximum absolute atomic E-state index is 12.0. The zero-order chi connectivity index (χ0) is 14.3. The van der Waals surface area contributed by atoms with Crippen LogP contribution in [0.1, 0.15) is 6.42 Å². The van der Waals surface area contributed by atoms with E-state index in [1.165, 1.54) is 4.90 Å². The van der Waals surface area contributed by atoms with E-state index in [1.54, 1.807) is 6.20 Å². The van der Waals surface area contributed by atoms with Crippen LogP contribution in [0.5, 0.6) is 0 Å². The number of hydrogen-bond donors (Lipinski definition) is 0. The third kappa shape index (κ3) is 2.25. The minimum atomic E-state index is -3.75. The third-order valence-corrected chi connectivity index (χ3v) is 5.26. The molecule has 20 heavy (non-hydrogen) atoms. The van der Waals surface area contributed by atoms with Gasteiger partial charge in [-0.25, -0.2) is 13.4 Å². The highest BCUT2D eigenvalue weighted by molar-refractivity contribution is 8.14. The van der Waals surface area contributed by atoms with Crippen molar-refractivity contribution in [1.29, 1.82) is 0 Å². The molecule has 0 bridgehead atoms. The highest BCUT2D eigenvalue weighted by Gasteiger charge is 2.38. The predicted octanol–water partition coefficient (Wildman–Crippen LogP) is 1.91. The quantitative estimate of drug-likeness (QED) is 0.795. The first-order valence-electron chi connectivity index (χ1n) is 6.04. The Balaban J connectivity index is 2.06. The summed E-state index contributed by atoms with van der Waals surface area (Å²) in [5.74, 6) is 0.207. The number of pyridine rings is 1. The summed E-state index contributed by atoms with van der Waals surface area (Å²) < 4.78 is 22.8. The SMILES string of the molecule is O=C1CC(S(=O)(=O)Cl)CN1c1nccc2ccccc12. The summed E-state index contributed by atoms with van der Waals surface area (Å²) in [5.41, 5.74) is 0. The zero-order valence-corrected chi connectivity index (χ0v) is 11.9. The fourth-order valence-electron chi connectivity index (χ4n) is 2.39. The number of fused-ring (bicyclic) bond motifs is 1. The highest BCUT2D eigenvalue weighted by atomic mass is 35.7. The van der Waals surface area contributed by atoms with Gasteiger partial charge in [0, 0.05) is 35.2 Å². The summed E-state index contributed by atoms with van der Waals surface area (Å²) in [4.78, 5) is 17.7. The van der Waals surface area contributed by atoms with Crippen molar-refractivity contribution in [3.63, 3.8) is 0 Å². The molecule has 0 spiro atoms. The molecule has 1 fully saturated rings. The molecular formula is C13H11ClN2O3S. The summed E-state index contributed by atoms with van der Waals surface area (Å²) in [6.07, 6.45) is 1.50. The Morgan fingerprint density at radius 3 is 2.70 bits per heavy atom. The van der Waals surface area contributed by atoms with Crippen molar-refractivity contribution in [2.24, 2.45) is 0 Å². The molecule has 1 atom stereocenters.